The lowest BCUT2D eigenvalue weighted by atomic mass is 10.1. The van der Waals surface area contributed by atoms with Gasteiger partial charge in [0, 0.05) is 57.1 Å². The van der Waals surface area contributed by atoms with E-state index in [1.807, 2.05) is 18.3 Å². The molecule has 2 heterocycles. The van der Waals surface area contributed by atoms with Gasteiger partial charge in [0.1, 0.15) is 0 Å². The summed E-state index contributed by atoms with van der Waals surface area (Å²) < 4.78 is 0. The highest BCUT2D eigenvalue weighted by atomic mass is 15.2. The Bertz CT molecular complexity index is 301. The van der Waals surface area contributed by atoms with E-state index in [-0.39, 0.29) is 0 Å². The molecule has 0 bridgehead atoms. The summed E-state index contributed by atoms with van der Waals surface area (Å²) in [6.45, 7) is 4.96. The van der Waals surface area contributed by atoms with E-state index in [4.69, 9.17) is 5.73 Å². The topological polar surface area (TPSA) is 54.2 Å². The van der Waals surface area contributed by atoms with E-state index in [1.54, 1.807) is 0 Å². The van der Waals surface area contributed by atoms with Gasteiger partial charge in [0.05, 0.1) is 0 Å². The molecule has 88 valence electrons. The zero-order valence-electron chi connectivity index (χ0n) is 9.60. The smallest absolute Gasteiger partial charge is 0.0416 e. The maximum absolute atomic E-state index is 5.77. The van der Waals surface area contributed by atoms with Gasteiger partial charge in [0.25, 0.3) is 0 Å². The van der Waals surface area contributed by atoms with Gasteiger partial charge in [-0.2, -0.15) is 0 Å². The molecule has 4 heteroatoms. The Labute approximate surface area is 96.8 Å². The summed E-state index contributed by atoms with van der Waals surface area (Å²) >= 11 is 0. The first-order valence-corrected chi connectivity index (χ1v) is 5.95. The van der Waals surface area contributed by atoms with Crippen molar-refractivity contribution in [2.45, 2.75) is 12.5 Å². The van der Waals surface area contributed by atoms with Crippen LogP contribution in [0.2, 0.25) is 0 Å². The monoisotopic (exact) mass is 220 g/mol. The van der Waals surface area contributed by atoms with E-state index >= 15 is 0 Å². The first-order chi connectivity index (χ1) is 7.90. The summed E-state index contributed by atoms with van der Waals surface area (Å²) in [7, 11) is 0. The fourth-order valence-corrected chi connectivity index (χ4v) is 2.13. The zero-order chi connectivity index (χ0) is 11.2. The molecule has 0 aliphatic carbocycles. The Balaban J connectivity index is 1.84. The van der Waals surface area contributed by atoms with Crippen molar-refractivity contribution in [1.82, 2.24) is 15.2 Å². The number of nitrogens with one attached hydrogen (secondary N) is 1. The molecule has 0 saturated carbocycles. The van der Waals surface area contributed by atoms with Crippen LogP contribution < -0.4 is 11.1 Å². The number of nitrogens with zero attached hydrogens (tertiary/aromatic N) is 2. The maximum Gasteiger partial charge on any atom is 0.0416 e. The van der Waals surface area contributed by atoms with Crippen LogP contribution in [0.1, 0.15) is 5.69 Å². The van der Waals surface area contributed by atoms with Crippen LogP contribution >= 0.6 is 0 Å². The maximum atomic E-state index is 5.77. The fourth-order valence-electron chi connectivity index (χ4n) is 2.13. The van der Waals surface area contributed by atoms with Crippen LogP contribution in [0.4, 0.5) is 0 Å². The van der Waals surface area contributed by atoms with E-state index in [0.717, 1.165) is 44.8 Å². The van der Waals surface area contributed by atoms with Gasteiger partial charge in [-0.3, -0.25) is 9.88 Å². The summed E-state index contributed by atoms with van der Waals surface area (Å²) in [4.78, 5) is 6.80. The van der Waals surface area contributed by atoms with Gasteiger partial charge < -0.3 is 11.1 Å². The molecule has 4 nitrogen and oxygen atoms in total. The van der Waals surface area contributed by atoms with Crippen molar-refractivity contribution >= 4 is 0 Å². The Morgan fingerprint density at radius 2 is 2.44 bits per heavy atom. The summed E-state index contributed by atoms with van der Waals surface area (Å²) in [5.74, 6) is 0. The van der Waals surface area contributed by atoms with Gasteiger partial charge in [-0.1, -0.05) is 6.07 Å². The quantitative estimate of drug-likeness (QED) is 0.741. The van der Waals surface area contributed by atoms with Crippen LogP contribution in [0.15, 0.2) is 24.4 Å². The number of pyridine rings is 1. The fraction of sp³-hybridized carbons (Fsp3) is 0.583. The number of rotatable bonds is 4. The summed E-state index contributed by atoms with van der Waals surface area (Å²) in [5, 5.41) is 3.38. The molecule has 2 rings (SSSR count). The summed E-state index contributed by atoms with van der Waals surface area (Å²) in [5.41, 5.74) is 6.93. The van der Waals surface area contributed by atoms with Gasteiger partial charge in [0.15, 0.2) is 0 Å². The first-order valence-electron chi connectivity index (χ1n) is 5.95. The zero-order valence-corrected chi connectivity index (χ0v) is 9.60. The molecule has 1 saturated heterocycles. The van der Waals surface area contributed by atoms with Crippen LogP contribution in [0.3, 0.4) is 0 Å². The average molecular weight is 220 g/mol. The van der Waals surface area contributed by atoms with Gasteiger partial charge >= 0.3 is 0 Å². The molecule has 16 heavy (non-hydrogen) atoms. The highest BCUT2D eigenvalue weighted by Crippen LogP contribution is 2.04. The van der Waals surface area contributed by atoms with Crippen molar-refractivity contribution in [2.75, 3.05) is 32.7 Å². The van der Waals surface area contributed by atoms with Crippen molar-refractivity contribution in [1.29, 1.82) is 0 Å². The minimum atomic E-state index is 0.484. The van der Waals surface area contributed by atoms with E-state index in [2.05, 4.69) is 21.3 Å². The number of nitrogens with two attached hydrogens (primary N) is 1. The third kappa shape index (κ3) is 3.01. The first kappa shape index (κ1) is 11.5. The Kier molecular flexibility index (Phi) is 4.27. The van der Waals surface area contributed by atoms with Crippen molar-refractivity contribution < 1.29 is 0 Å². The van der Waals surface area contributed by atoms with E-state index < -0.39 is 0 Å². The molecule has 0 spiro atoms. The number of hydrogen-bond acceptors (Lipinski definition) is 4. The second-order valence-corrected chi connectivity index (χ2v) is 4.20. The largest absolute Gasteiger partial charge is 0.329 e. The lowest BCUT2D eigenvalue weighted by Crippen LogP contribution is -2.54. The molecule has 0 amide bonds. The van der Waals surface area contributed by atoms with Crippen LogP contribution in [-0.2, 0) is 6.42 Å². The minimum absolute atomic E-state index is 0.484. The van der Waals surface area contributed by atoms with Crippen molar-refractivity contribution in [3.8, 4) is 0 Å². The molecule has 1 aromatic heterocycles. The minimum Gasteiger partial charge on any atom is -0.329 e. The normalized spacial score (nSPS) is 22.2. The molecule has 1 aromatic rings. The van der Waals surface area contributed by atoms with Crippen LogP contribution in [0.5, 0.6) is 0 Å². The second kappa shape index (κ2) is 5.94. The number of aromatic nitrogens is 1. The summed E-state index contributed by atoms with van der Waals surface area (Å²) in [6, 6.07) is 6.56. The summed E-state index contributed by atoms with van der Waals surface area (Å²) in [6.07, 6.45) is 2.87. The van der Waals surface area contributed by atoms with Crippen molar-refractivity contribution in [3.05, 3.63) is 30.1 Å². The Hall–Kier alpha value is -0.970. The van der Waals surface area contributed by atoms with Gasteiger partial charge in [0.2, 0.25) is 0 Å². The van der Waals surface area contributed by atoms with E-state index in [1.165, 1.54) is 0 Å². The molecule has 1 fully saturated rings. The second-order valence-electron chi connectivity index (χ2n) is 4.20. The molecule has 1 atom stereocenters. The highest BCUT2D eigenvalue weighted by molar-refractivity contribution is 5.04. The van der Waals surface area contributed by atoms with Crippen molar-refractivity contribution in [3.63, 3.8) is 0 Å². The van der Waals surface area contributed by atoms with Crippen LogP contribution in [0.25, 0.3) is 0 Å². The molecule has 1 aliphatic heterocycles. The Morgan fingerprint density at radius 1 is 1.50 bits per heavy atom. The average Bonchev–Trinajstić information content (AvgIpc) is 2.38. The van der Waals surface area contributed by atoms with E-state index in [0.29, 0.717) is 6.04 Å². The molecular formula is C12H20N4. The van der Waals surface area contributed by atoms with Gasteiger partial charge in [-0.25, -0.2) is 0 Å². The third-order valence-corrected chi connectivity index (χ3v) is 3.13. The molecule has 0 aromatic carbocycles. The van der Waals surface area contributed by atoms with Crippen LogP contribution in [0, 0.1) is 0 Å². The molecule has 1 unspecified atom stereocenters. The SMILES string of the molecule is NCC1CNCCN1CCc1ccccn1. The van der Waals surface area contributed by atoms with Crippen LogP contribution in [-0.4, -0.2) is 48.6 Å². The lowest BCUT2D eigenvalue weighted by molar-refractivity contribution is 0.167. The molecule has 3 N–H and O–H groups in total. The highest BCUT2D eigenvalue weighted by Gasteiger charge is 2.19. The molecule has 0 radical (unpaired) electrons. The number of hydrogen-bond donors (Lipinski definition) is 2. The lowest BCUT2D eigenvalue weighted by Gasteiger charge is -2.35. The van der Waals surface area contributed by atoms with E-state index in [9.17, 15) is 0 Å². The predicted octanol–water partition coefficient (Wildman–Crippen LogP) is -0.143. The standard InChI is InChI=1S/C12H20N4/c13-9-12-10-14-6-8-16(12)7-4-11-3-1-2-5-15-11/h1-3,5,12,14H,4,6-10,13H2. The predicted molar refractivity (Wildman–Crippen MR) is 65.2 cm³/mol. The third-order valence-electron chi connectivity index (χ3n) is 3.13. The molecular weight excluding hydrogens is 200 g/mol. The molecule has 1 aliphatic rings. The number of piperazine rings is 1. The van der Waals surface area contributed by atoms with Gasteiger partial charge in [-0.15, -0.1) is 0 Å². The Morgan fingerprint density at radius 3 is 3.19 bits per heavy atom. The van der Waals surface area contributed by atoms with Crippen molar-refractivity contribution in [2.24, 2.45) is 5.73 Å². The van der Waals surface area contributed by atoms with Gasteiger partial charge in [-0.05, 0) is 12.1 Å².